The molecule has 1 aromatic carbocycles. The number of amides is 1. The predicted molar refractivity (Wildman–Crippen MR) is 109 cm³/mol. The second-order valence-electron chi connectivity index (χ2n) is 6.44. The van der Waals surface area contributed by atoms with Gasteiger partial charge < -0.3 is 10.6 Å². The zero-order valence-electron chi connectivity index (χ0n) is 15.0. The summed E-state index contributed by atoms with van der Waals surface area (Å²) in [5.74, 6) is 0.533. The number of rotatable bonds is 7. The van der Waals surface area contributed by atoms with Crippen LogP contribution in [0.15, 0.2) is 40.9 Å². The van der Waals surface area contributed by atoms with E-state index in [4.69, 9.17) is 0 Å². The minimum atomic E-state index is -0.322. The molecule has 28 heavy (non-hydrogen) atoms. The first-order valence-electron chi connectivity index (χ1n) is 8.99. The topological polar surface area (TPSA) is 84.7 Å². The van der Waals surface area contributed by atoms with E-state index in [0.717, 1.165) is 18.7 Å². The zero-order chi connectivity index (χ0) is 19.3. The minimum Gasteiger partial charge on any atom is -0.330 e. The Morgan fingerprint density at radius 2 is 2.14 bits per heavy atom. The van der Waals surface area contributed by atoms with E-state index in [9.17, 15) is 9.18 Å². The van der Waals surface area contributed by atoms with E-state index < -0.39 is 0 Å². The molecule has 1 saturated carbocycles. The van der Waals surface area contributed by atoms with Crippen LogP contribution in [0.5, 0.6) is 0 Å². The lowest BCUT2D eigenvalue weighted by Gasteiger charge is -2.14. The monoisotopic (exact) mass is 418 g/mol. The Morgan fingerprint density at radius 1 is 1.29 bits per heavy atom. The first-order valence-corrected chi connectivity index (χ1v) is 10.8. The Morgan fingerprint density at radius 3 is 2.96 bits per heavy atom. The van der Waals surface area contributed by atoms with Crippen LogP contribution in [-0.4, -0.2) is 31.6 Å². The molecule has 0 unspecified atom stereocenters. The van der Waals surface area contributed by atoms with E-state index >= 15 is 0 Å². The molecule has 1 fully saturated rings. The fourth-order valence-electron chi connectivity index (χ4n) is 3.17. The van der Waals surface area contributed by atoms with Gasteiger partial charge in [-0.05, 0) is 31.0 Å². The van der Waals surface area contributed by atoms with Gasteiger partial charge in [0.15, 0.2) is 4.34 Å². The highest BCUT2D eigenvalue weighted by molar-refractivity contribution is 8.01. The van der Waals surface area contributed by atoms with Crippen molar-refractivity contribution in [2.24, 2.45) is 0 Å². The van der Waals surface area contributed by atoms with Crippen molar-refractivity contribution in [3.05, 3.63) is 42.3 Å². The summed E-state index contributed by atoms with van der Waals surface area (Å²) in [5.41, 5.74) is 0.602. The quantitative estimate of drug-likeness (QED) is 0.551. The summed E-state index contributed by atoms with van der Waals surface area (Å²) in [6, 6.07) is 8.33. The van der Waals surface area contributed by atoms with Gasteiger partial charge in [0.1, 0.15) is 11.6 Å². The van der Waals surface area contributed by atoms with Gasteiger partial charge in [0, 0.05) is 11.8 Å². The van der Waals surface area contributed by atoms with Crippen LogP contribution in [0.2, 0.25) is 0 Å². The van der Waals surface area contributed by atoms with Gasteiger partial charge in [0.25, 0.3) is 0 Å². The van der Waals surface area contributed by atoms with Crippen LogP contribution in [0, 0.1) is 5.82 Å². The molecule has 4 rings (SSSR count). The molecule has 10 heteroatoms. The first-order chi connectivity index (χ1) is 13.7. The summed E-state index contributed by atoms with van der Waals surface area (Å²) in [4.78, 5) is 12.3. The Bertz CT molecular complexity index is 953. The van der Waals surface area contributed by atoms with Gasteiger partial charge in [0.05, 0.1) is 18.0 Å². The van der Waals surface area contributed by atoms with Crippen molar-refractivity contribution < 1.29 is 9.18 Å². The lowest BCUT2D eigenvalue weighted by atomic mass is 10.2. The number of aromatic nitrogens is 4. The molecule has 1 aliphatic rings. The second kappa shape index (κ2) is 8.70. The highest BCUT2D eigenvalue weighted by Gasteiger charge is 2.20. The molecule has 0 radical (unpaired) electrons. The maximum atomic E-state index is 13.2. The maximum Gasteiger partial charge on any atom is 0.235 e. The summed E-state index contributed by atoms with van der Waals surface area (Å²) in [7, 11) is 0. The summed E-state index contributed by atoms with van der Waals surface area (Å²) < 4.78 is 15.8. The third-order valence-electron chi connectivity index (χ3n) is 4.42. The zero-order valence-corrected chi connectivity index (χ0v) is 16.6. The first kappa shape index (κ1) is 18.9. The smallest absolute Gasteiger partial charge is 0.235 e. The highest BCUT2D eigenvalue weighted by atomic mass is 32.2. The number of hydrogen-bond donors (Lipinski definition) is 2. The molecule has 0 aliphatic heterocycles. The number of hydrogen-bond acceptors (Lipinski definition) is 7. The van der Waals surface area contributed by atoms with Crippen LogP contribution in [0.3, 0.4) is 0 Å². The molecular formula is C18H19FN6OS2. The Hall–Kier alpha value is -2.46. The molecule has 1 aliphatic carbocycles. The van der Waals surface area contributed by atoms with Crippen molar-refractivity contribution in [3.8, 4) is 0 Å². The minimum absolute atomic E-state index is 0.111. The molecule has 2 N–H and O–H groups in total. The van der Waals surface area contributed by atoms with E-state index in [1.807, 2.05) is 10.7 Å². The largest absolute Gasteiger partial charge is 0.330 e. The van der Waals surface area contributed by atoms with E-state index in [0.29, 0.717) is 21.2 Å². The van der Waals surface area contributed by atoms with E-state index in [2.05, 4.69) is 25.9 Å². The van der Waals surface area contributed by atoms with Crippen molar-refractivity contribution in [1.29, 1.82) is 0 Å². The van der Waals surface area contributed by atoms with Crippen molar-refractivity contribution in [2.75, 3.05) is 16.4 Å². The standard InChI is InChI=1S/C18H19FN6OS2/c19-12-4-3-5-13(10-12)21-17-23-24-18(28-17)27-11-16(26)22-15-8-9-20-25(15)14-6-1-2-7-14/h3-5,8-10,14H,1-2,6-7,11H2,(H,21,23)(H,22,26). The molecule has 146 valence electrons. The van der Waals surface area contributed by atoms with E-state index in [1.54, 1.807) is 18.3 Å². The number of carbonyl (C=O) groups is 1. The number of halogens is 1. The van der Waals surface area contributed by atoms with Crippen molar-refractivity contribution >= 4 is 45.6 Å². The summed E-state index contributed by atoms with van der Waals surface area (Å²) >= 11 is 2.63. The number of nitrogens with zero attached hydrogens (tertiary/aromatic N) is 4. The molecule has 2 aromatic heterocycles. The third-order valence-corrected chi connectivity index (χ3v) is 6.39. The third kappa shape index (κ3) is 4.68. The van der Waals surface area contributed by atoms with Gasteiger partial charge in [-0.15, -0.1) is 10.2 Å². The molecule has 0 saturated heterocycles. The van der Waals surface area contributed by atoms with Crippen molar-refractivity contribution in [2.45, 2.75) is 36.1 Å². The van der Waals surface area contributed by atoms with Crippen molar-refractivity contribution in [3.63, 3.8) is 0 Å². The predicted octanol–water partition coefficient (Wildman–Crippen LogP) is 4.46. The summed E-state index contributed by atoms with van der Waals surface area (Å²) in [6.07, 6.45) is 6.33. The number of anilines is 3. The molecule has 0 spiro atoms. The van der Waals surface area contributed by atoms with Crippen LogP contribution in [0.4, 0.5) is 21.0 Å². The lowest BCUT2D eigenvalue weighted by molar-refractivity contribution is -0.113. The fraction of sp³-hybridized carbons (Fsp3) is 0.333. The Balaban J connectivity index is 1.30. The van der Waals surface area contributed by atoms with E-state index in [-0.39, 0.29) is 17.5 Å². The molecule has 0 bridgehead atoms. The second-order valence-corrected chi connectivity index (χ2v) is 8.64. The number of thioether (sulfide) groups is 1. The van der Waals surface area contributed by atoms with Gasteiger partial charge in [-0.3, -0.25) is 4.79 Å². The van der Waals surface area contributed by atoms with Gasteiger partial charge in [0.2, 0.25) is 11.0 Å². The molecular weight excluding hydrogens is 399 g/mol. The van der Waals surface area contributed by atoms with Crippen LogP contribution < -0.4 is 10.6 Å². The fourth-order valence-corrected chi connectivity index (χ4v) is 4.74. The molecule has 1 amide bonds. The van der Waals surface area contributed by atoms with Crippen LogP contribution in [0.25, 0.3) is 0 Å². The number of nitrogens with one attached hydrogen (secondary N) is 2. The lowest BCUT2D eigenvalue weighted by Crippen LogP contribution is -2.19. The normalized spacial score (nSPS) is 14.3. The van der Waals surface area contributed by atoms with Crippen LogP contribution in [0.1, 0.15) is 31.7 Å². The highest BCUT2D eigenvalue weighted by Crippen LogP contribution is 2.31. The molecule has 3 aromatic rings. The Labute approximate surface area is 169 Å². The van der Waals surface area contributed by atoms with Gasteiger partial charge in [-0.25, -0.2) is 9.07 Å². The molecule has 0 atom stereocenters. The average molecular weight is 419 g/mol. The molecule has 7 nitrogen and oxygen atoms in total. The van der Waals surface area contributed by atoms with Crippen LogP contribution in [-0.2, 0) is 4.79 Å². The average Bonchev–Trinajstić information content (AvgIpc) is 3.42. The van der Waals surface area contributed by atoms with Crippen LogP contribution >= 0.6 is 23.1 Å². The van der Waals surface area contributed by atoms with Crippen molar-refractivity contribution in [1.82, 2.24) is 20.0 Å². The summed E-state index contributed by atoms with van der Waals surface area (Å²) in [5, 5.41) is 18.9. The van der Waals surface area contributed by atoms with E-state index in [1.165, 1.54) is 48.1 Å². The number of benzene rings is 1. The SMILES string of the molecule is O=C(CSc1nnc(Nc2cccc(F)c2)s1)Nc1ccnn1C1CCCC1. The van der Waals surface area contributed by atoms with Gasteiger partial charge in [-0.2, -0.15) is 5.10 Å². The van der Waals surface area contributed by atoms with Gasteiger partial charge >= 0.3 is 0 Å². The molecule has 2 heterocycles. The Kier molecular flexibility index (Phi) is 5.87. The van der Waals surface area contributed by atoms with Gasteiger partial charge in [-0.1, -0.05) is 42.0 Å². The summed E-state index contributed by atoms with van der Waals surface area (Å²) in [6.45, 7) is 0. The number of carbonyl (C=O) groups excluding carboxylic acids is 1. The maximum absolute atomic E-state index is 13.2.